The Hall–Kier alpha value is -2.47. The zero-order valence-corrected chi connectivity index (χ0v) is 23.8. The average Bonchev–Trinajstić information content (AvgIpc) is 3.44. The molecular formula is C31H34Cl2N2O2S. The van der Waals surface area contributed by atoms with Crippen molar-refractivity contribution in [1.82, 2.24) is 10.2 Å². The lowest BCUT2D eigenvalue weighted by Gasteiger charge is -2.32. The molecule has 4 rings (SSSR count). The molecule has 1 saturated carbocycles. The molecule has 0 saturated heterocycles. The minimum absolute atomic E-state index is 0.0378. The Kier molecular flexibility index (Phi) is 11.0. The topological polar surface area (TPSA) is 49.4 Å². The minimum atomic E-state index is -0.620. The van der Waals surface area contributed by atoms with Crippen LogP contribution in [0.15, 0.2) is 83.8 Å². The lowest BCUT2D eigenvalue weighted by Crippen LogP contribution is -2.52. The molecule has 38 heavy (non-hydrogen) atoms. The van der Waals surface area contributed by atoms with Gasteiger partial charge in [-0.1, -0.05) is 84.6 Å². The van der Waals surface area contributed by atoms with Gasteiger partial charge >= 0.3 is 0 Å². The molecule has 3 aromatic carbocycles. The summed E-state index contributed by atoms with van der Waals surface area (Å²) in [5.41, 5.74) is 1.86. The Labute approximate surface area is 240 Å². The van der Waals surface area contributed by atoms with Gasteiger partial charge in [0.15, 0.2) is 0 Å². The van der Waals surface area contributed by atoms with E-state index in [-0.39, 0.29) is 17.9 Å². The lowest BCUT2D eigenvalue weighted by molar-refractivity contribution is -0.141. The van der Waals surface area contributed by atoms with E-state index in [1.54, 1.807) is 16.7 Å². The first kappa shape index (κ1) is 28.5. The fourth-order valence-corrected chi connectivity index (χ4v) is 5.99. The third kappa shape index (κ3) is 8.52. The van der Waals surface area contributed by atoms with E-state index in [9.17, 15) is 9.59 Å². The number of carbonyl (C=O) groups excluding carboxylic acids is 2. The SMILES string of the molecule is O=C(NC1CCCC1)[C@H](Cc1ccccc1)N(Cc1ccccc1Cl)C(=O)CCCSc1ccc(Cl)cc1. The maximum atomic E-state index is 13.8. The highest BCUT2D eigenvalue weighted by Gasteiger charge is 2.32. The first-order valence-electron chi connectivity index (χ1n) is 13.2. The molecule has 0 unspecified atom stereocenters. The summed E-state index contributed by atoms with van der Waals surface area (Å²) >= 11 is 14.2. The molecule has 0 bridgehead atoms. The molecule has 0 heterocycles. The predicted molar refractivity (Wildman–Crippen MR) is 158 cm³/mol. The molecule has 1 aliphatic carbocycles. The maximum absolute atomic E-state index is 13.8. The molecule has 0 aromatic heterocycles. The van der Waals surface area contributed by atoms with Crippen LogP contribution in [0.1, 0.15) is 49.7 Å². The highest BCUT2D eigenvalue weighted by Crippen LogP contribution is 2.25. The number of carbonyl (C=O) groups is 2. The molecule has 0 radical (unpaired) electrons. The van der Waals surface area contributed by atoms with Crippen LogP contribution >= 0.6 is 35.0 Å². The molecular weight excluding hydrogens is 535 g/mol. The molecule has 0 spiro atoms. The molecule has 2 amide bonds. The second-order valence-corrected chi connectivity index (χ2v) is 11.7. The van der Waals surface area contributed by atoms with Crippen LogP contribution in [0.3, 0.4) is 0 Å². The normalized spacial score (nSPS) is 14.3. The molecule has 1 aliphatic rings. The fourth-order valence-electron chi connectivity index (χ4n) is 4.82. The summed E-state index contributed by atoms with van der Waals surface area (Å²) in [6.07, 6.45) is 5.74. The van der Waals surface area contributed by atoms with Gasteiger partial charge in [-0.05, 0) is 66.5 Å². The van der Waals surface area contributed by atoms with E-state index in [0.717, 1.165) is 47.5 Å². The standard InChI is InChI=1S/C31H34Cl2N2O2S/c32-25-16-18-27(19-17-25)38-20-8-15-30(36)35(22-24-11-4-7-14-28(24)33)29(21-23-9-2-1-3-10-23)31(37)34-26-12-5-6-13-26/h1-4,7,9-11,14,16-19,26,29H,5-6,8,12-13,15,20-22H2,(H,34,37)/t29-/m0/s1. The van der Waals surface area contributed by atoms with E-state index in [2.05, 4.69) is 5.32 Å². The highest BCUT2D eigenvalue weighted by atomic mass is 35.5. The van der Waals surface area contributed by atoms with Gasteiger partial charge in [0.2, 0.25) is 11.8 Å². The Balaban J connectivity index is 1.52. The second kappa shape index (κ2) is 14.6. The molecule has 1 fully saturated rings. The van der Waals surface area contributed by atoms with Crippen molar-refractivity contribution in [1.29, 1.82) is 0 Å². The molecule has 1 atom stereocenters. The quantitative estimate of drug-likeness (QED) is 0.181. The van der Waals surface area contributed by atoms with Crippen LogP contribution in [0.4, 0.5) is 0 Å². The van der Waals surface area contributed by atoms with Crippen molar-refractivity contribution in [2.24, 2.45) is 0 Å². The summed E-state index contributed by atoms with van der Waals surface area (Å²) in [6.45, 7) is 0.290. The highest BCUT2D eigenvalue weighted by molar-refractivity contribution is 7.99. The van der Waals surface area contributed by atoms with Gasteiger partial charge in [-0.3, -0.25) is 9.59 Å². The van der Waals surface area contributed by atoms with Crippen molar-refractivity contribution in [2.75, 3.05) is 5.75 Å². The number of hydrogen-bond acceptors (Lipinski definition) is 3. The van der Waals surface area contributed by atoms with Crippen LogP contribution in [0.25, 0.3) is 0 Å². The van der Waals surface area contributed by atoms with E-state index < -0.39 is 6.04 Å². The van der Waals surface area contributed by atoms with Crippen LogP contribution in [0, 0.1) is 0 Å². The molecule has 200 valence electrons. The molecule has 1 N–H and O–H groups in total. The van der Waals surface area contributed by atoms with Gasteiger partial charge in [0.1, 0.15) is 6.04 Å². The number of thioether (sulfide) groups is 1. The first-order chi connectivity index (χ1) is 18.5. The number of nitrogens with one attached hydrogen (secondary N) is 1. The number of nitrogens with zero attached hydrogens (tertiary/aromatic N) is 1. The van der Waals surface area contributed by atoms with E-state index in [1.165, 1.54) is 0 Å². The van der Waals surface area contributed by atoms with Gasteiger partial charge in [0.25, 0.3) is 0 Å². The molecule has 3 aromatic rings. The van der Waals surface area contributed by atoms with E-state index in [1.807, 2.05) is 78.9 Å². The van der Waals surface area contributed by atoms with Crippen molar-refractivity contribution in [3.63, 3.8) is 0 Å². The van der Waals surface area contributed by atoms with E-state index in [0.29, 0.717) is 35.9 Å². The summed E-state index contributed by atoms with van der Waals surface area (Å²) < 4.78 is 0. The maximum Gasteiger partial charge on any atom is 0.243 e. The zero-order valence-electron chi connectivity index (χ0n) is 21.5. The van der Waals surface area contributed by atoms with Crippen LogP contribution in [-0.2, 0) is 22.6 Å². The Morgan fingerprint density at radius 1 is 0.921 bits per heavy atom. The Morgan fingerprint density at radius 2 is 1.61 bits per heavy atom. The van der Waals surface area contributed by atoms with Crippen molar-refractivity contribution < 1.29 is 9.59 Å². The number of halogens is 2. The molecule has 0 aliphatic heterocycles. The van der Waals surface area contributed by atoms with Crippen LogP contribution in [0.2, 0.25) is 10.0 Å². The predicted octanol–water partition coefficient (Wildman–Crippen LogP) is 7.56. The number of benzene rings is 3. The van der Waals surface area contributed by atoms with Crippen molar-refractivity contribution in [3.05, 3.63) is 100 Å². The fraction of sp³-hybridized carbons (Fsp3) is 0.355. The van der Waals surface area contributed by atoms with Gasteiger partial charge in [0.05, 0.1) is 0 Å². The van der Waals surface area contributed by atoms with Crippen molar-refractivity contribution in [2.45, 2.75) is 68.5 Å². The van der Waals surface area contributed by atoms with Gasteiger partial charge in [0, 0.05) is 40.4 Å². The Morgan fingerprint density at radius 3 is 2.32 bits per heavy atom. The van der Waals surface area contributed by atoms with E-state index >= 15 is 0 Å². The summed E-state index contributed by atoms with van der Waals surface area (Å²) in [7, 11) is 0. The van der Waals surface area contributed by atoms with Crippen LogP contribution in [-0.4, -0.2) is 34.6 Å². The number of rotatable bonds is 12. The summed E-state index contributed by atoms with van der Waals surface area (Å²) in [5.74, 6) is 0.672. The van der Waals surface area contributed by atoms with Crippen molar-refractivity contribution in [3.8, 4) is 0 Å². The summed E-state index contributed by atoms with van der Waals surface area (Å²) in [6, 6.07) is 24.7. The van der Waals surface area contributed by atoms with Crippen LogP contribution in [0.5, 0.6) is 0 Å². The molecule has 4 nitrogen and oxygen atoms in total. The van der Waals surface area contributed by atoms with Crippen molar-refractivity contribution >= 4 is 46.8 Å². The second-order valence-electron chi connectivity index (χ2n) is 9.71. The first-order valence-corrected chi connectivity index (χ1v) is 15.0. The smallest absolute Gasteiger partial charge is 0.243 e. The lowest BCUT2D eigenvalue weighted by atomic mass is 10.0. The molecule has 7 heteroatoms. The average molecular weight is 570 g/mol. The number of hydrogen-bond donors (Lipinski definition) is 1. The van der Waals surface area contributed by atoms with Gasteiger partial charge in [-0.25, -0.2) is 0 Å². The third-order valence-corrected chi connectivity index (χ3v) is 8.61. The minimum Gasteiger partial charge on any atom is -0.352 e. The van der Waals surface area contributed by atoms with Gasteiger partial charge in [-0.2, -0.15) is 0 Å². The zero-order chi connectivity index (χ0) is 26.7. The summed E-state index contributed by atoms with van der Waals surface area (Å²) in [5, 5.41) is 4.55. The van der Waals surface area contributed by atoms with E-state index in [4.69, 9.17) is 23.2 Å². The van der Waals surface area contributed by atoms with Gasteiger partial charge < -0.3 is 10.2 Å². The third-order valence-electron chi connectivity index (χ3n) is 6.89. The monoisotopic (exact) mass is 568 g/mol. The largest absolute Gasteiger partial charge is 0.352 e. The van der Waals surface area contributed by atoms with Gasteiger partial charge in [-0.15, -0.1) is 11.8 Å². The summed E-state index contributed by atoms with van der Waals surface area (Å²) in [4.78, 5) is 30.3. The number of amides is 2. The van der Waals surface area contributed by atoms with Crippen LogP contribution < -0.4 is 5.32 Å². The Bertz CT molecular complexity index is 1180.